The number of esters is 1. The molecule has 0 unspecified atom stereocenters. The van der Waals surface area contributed by atoms with Crippen molar-refractivity contribution in [3.63, 3.8) is 0 Å². The van der Waals surface area contributed by atoms with Crippen LogP contribution in [0, 0.1) is 0 Å². The molecule has 0 aromatic heterocycles. The Morgan fingerprint density at radius 3 is 2.41 bits per heavy atom. The average molecular weight is 235 g/mol. The number of nitrogens with two attached hydrogens (primary N) is 1. The first-order valence-corrected chi connectivity index (χ1v) is 5.71. The number of rotatable bonds is 2. The van der Waals surface area contributed by atoms with Crippen LogP contribution in [0.15, 0.2) is 24.3 Å². The molecule has 0 saturated carbocycles. The molecule has 0 amide bonds. The van der Waals surface area contributed by atoms with Gasteiger partial charge in [-0.1, -0.05) is 12.1 Å². The predicted octanol–water partition coefficient (Wildman–Crippen LogP) is 1.49. The van der Waals surface area contributed by atoms with Gasteiger partial charge < -0.3 is 15.2 Å². The lowest BCUT2D eigenvalue weighted by atomic mass is 9.74. The number of nitrogen functional groups attached to an aromatic ring is 1. The Morgan fingerprint density at radius 2 is 1.88 bits per heavy atom. The smallest absolute Gasteiger partial charge is 0.316 e. The van der Waals surface area contributed by atoms with E-state index in [1.807, 2.05) is 24.3 Å². The van der Waals surface area contributed by atoms with Crippen molar-refractivity contribution in [2.45, 2.75) is 18.3 Å². The summed E-state index contributed by atoms with van der Waals surface area (Å²) in [6, 6.07) is 7.43. The molecule has 0 radical (unpaired) electrons. The lowest BCUT2D eigenvalue weighted by Gasteiger charge is -2.34. The summed E-state index contributed by atoms with van der Waals surface area (Å²) < 4.78 is 10.3. The third-order valence-electron chi connectivity index (χ3n) is 3.39. The zero-order valence-corrected chi connectivity index (χ0v) is 9.94. The summed E-state index contributed by atoms with van der Waals surface area (Å²) >= 11 is 0. The van der Waals surface area contributed by atoms with Crippen LogP contribution in [0.5, 0.6) is 0 Å². The minimum atomic E-state index is -0.569. The largest absolute Gasteiger partial charge is 0.468 e. The van der Waals surface area contributed by atoms with Crippen LogP contribution in [-0.4, -0.2) is 26.3 Å². The molecule has 92 valence electrons. The monoisotopic (exact) mass is 235 g/mol. The minimum Gasteiger partial charge on any atom is -0.468 e. The van der Waals surface area contributed by atoms with Crippen LogP contribution in [0.25, 0.3) is 0 Å². The average Bonchev–Trinajstić information content (AvgIpc) is 2.39. The number of methoxy groups -OCH3 is 1. The summed E-state index contributed by atoms with van der Waals surface area (Å²) in [6.45, 7) is 1.17. The molecule has 1 aromatic carbocycles. The molecule has 4 nitrogen and oxygen atoms in total. The molecule has 0 spiro atoms. The second kappa shape index (κ2) is 4.75. The Balaban J connectivity index is 2.38. The maximum absolute atomic E-state index is 12.1. The van der Waals surface area contributed by atoms with Gasteiger partial charge in [0, 0.05) is 18.9 Å². The van der Waals surface area contributed by atoms with E-state index in [2.05, 4.69) is 0 Å². The van der Waals surface area contributed by atoms with E-state index in [4.69, 9.17) is 15.2 Å². The Kier molecular flexibility index (Phi) is 3.33. The van der Waals surface area contributed by atoms with E-state index in [9.17, 15) is 4.79 Å². The van der Waals surface area contributed by atoms with Crippen molar-refractivity contribution in [2.24, 2.45) is 0 Å². The molecule has 2 N–H and O–H groups in total. The van der Waals surface area contributed by atoms with Gasteiger partial charge in [-0.2, -0.15) is 0 Å². The topological polar surface area (TPSA) is 61.5 Å². The van der Waals surface area contributed by atoms with Crippen molar-refractivity contribution in [3.8, 4) is 0 Å². The van der Waals surface area contributed by atoms with Gasteiger partial charge in [-0.3, -0.25) is 4.79 Å². The highest BCUT2D eigenvalue weighted by atomic mass is 16.5. The molecule has 0 bridgehead atoms. The maximum atomic E-state index is 12.1. The van der Waals surface area contributed by atoms with Crippen molar-refractivity contribution in [1.82, 2.24) is 0 Å². The van der Waals surface area contributed by atoms with E-state index >= 15 is 0 Å². The molecule has 1 aliphatic heterocycles. The molecule has 0 atom stereocenters. The number of anilines is 1. The molecule has 17 heavy (non-hydrogen) atoms. The normalized spacial score (nSPS) is 18.6. The van der Waals surface area contributed by atoms with Gasteiger partial charge >= 0.3 is 5.97 Å². The van der Waals surface area contributed by atoms with Crippen LogP contribution in [0.2, 0.25) is 0 Å². The lowest BCUT2D eigenvalue weighted by molar-refractivity contribution is -0.151. The van der Waals surface area contributed by atoms with Gasteiger partial charge in [-0.15, -0.1) is 0 Å². The molecule has 1 heterocycles. The summed E-state index contributed by atoms with van der Waals surface area (Å²) in [5, 5.41) is 0. The van der Waals surface area contributed by atoms with Crippen LogP contribution < -0.4 is 5.73 Å². The highest BCUT2D eigenvalue weighted by molar-refractivity contribution is 5.83. The Labute approximate surface area is 101 Å². The first-order valence-electron chi connectivity index (χ1n) is 5.71. The highest BCUT2D eigenvalue weighted by Crippen LogP contribution is 2.36. The zero-order valence-electron chi connectivity index (χ0n) is 9.94. The summed E-state index contributed by atoms with van der Waals surface area (Å²) in [5.41, 5.74) is 6.75. The van der Waals surface area contributed by atoms with E-state index in [1.54, 1.807) is 0 Å². The number of hydrogen-bond acceptors (Lipinski definition) is 4. The van der Waals surface area contributed by atoms with E-state index in [0.717, 1.165) is 5.56 Å². The molecule has 2 rings (SSSR count). The fourth-order valence-electron chi connectivity index (χ4n) is 2.33. The SMILES string of the molecule is COC(=O)C1(c2ccc(N)cc2)CCOCC1. The van der Waals surface area contributed by atoms with Gasteiger partial charge in [-0.25, -0.2) is 0 Å². The molecule has 0 aliphatic carbocycles. The van der Waals surface area contributed by atoms with Gasteiger partial charge in [0.1, 0.15) is 0 Å². The standard InChI is InChI=1S/C13H17NO3/c1-16-12(15)13(6-8-17-9-7-13)10-2-4-11(14)5-3-10/h2-5H,6-9,14H2,1H3. The quantitative estimate of drug-likeness (QED) is 0.623. The van der Waals surface area contributed by atoms with E-state index in [1.165, 1.54) is 7.11 Å². The van der Waals surface area contributed by atoms with Crippen LogP contribution in [-0.2, 0) is 19.7 Å². The minimum absolute atomic E-state index is 0.189. The van der Waals surface area contributed by atoms with E-state index in [0.29, 0.717) is 31.7 Å². The summed E-state index contributed by atoms with van der Waals surface area (Å²) in [6.07, 6.45) is 1.31. The zero-order chi connectivity index (χ0) is 12.3. The van der Waals surface area contributed by atoms with Gasteiger partial charge in [-0.05, 0) is 30.5 Å². The summed E-state index contributed by atoms with van der Waals surface area (Å²) in [5.74, 6) is -0.189. The first kappa shape index (κ1) is 11.9. The third kappa shape index (κ3) is 2.13. The maximum Gasteiger partial charge on any atom is 0.316 e. The lowest BCUT2D eigenvalue weighted by Crippen LogP contribution is -2.42. The fraction of sp³-hybridized carbons (Fsp3) is 0.462. The summed E-state index contributed by atoms with van der Waals surface area (Å²) in [7, 11) is 1.43. The molecular formula is C13H17NO3. The fourth-order valence-corrected chi connectivity index (χ4v) is 2.33. The van der Waals surface area contributed by atoms with Gasteiger partial charge in [0.2, 0.25) is 0 Å². The Morgan fingerprint density at radius 1 is 1.29 bits per heavy atom. The highest BCUT2D eigenvalue weighted by Gasteiger charge is 2.42. The molecular weight excluding hydrogens is 218 g/mol. The van der Waals surface area contributed by atoms with Gasteiger partial charge in [0.15, 0.2) is 0 Å². The van der Waals surface area contributed by atoms with E-state index in [-0.39, 0.29) is 5.97 Å². The van der Waals surface area contributed by atoms with Crippen molar-refractivity contribution < 1.29 is 14.3 Å². The number of benzene rings is 1. The Hall–Kier alpha value is -1.55. The molecule has 1 fully saturated rings. The second-order valence-electron chi connectivity index (χ2n) is 4.31. The van der Waals surface area contributed by atoms with Crippen molar-refractivity contribution in [1.29, 1.82) is 0 Å². The molecule has 4 heteroatoms. The van der Waals surface area contributed by atoms with Crippen LogP contribution in [0.1, 0.15) is 18.4 Å². The van der Waals surface area contributed by atoms with Crippen molar-refractivity contribution >= 4 is 11.7 Å². The first-order chi connectivity index (χ1) is 8.19. The van der Waals surface area contributed by atoms with Crippen molar-refractivity contribution in [2.75, 3.05) is 26.1 Å². The van der Waals surface area contributed by atoms with Gasteiger partial charge in [0.25, 0.3) is 0 Å². The molecule has 1 aliphatic rings. The Bertz CT molecular complexity index is 394. The van der Waals surface area contributed by atoms with Gasteiger partial charge in [0.05, 0.1) is 12.5 Å². The van der Waals surface area contributed by atoms with E-state index < -0.39 is 5.41 Å². The molecule has 1 saturated heterocycles. The second-order valence-corrected chi connectivity index (χ2v) is 4.31. The van der Waals surface area contributed by atoms with Crippen LogP contribution in [0.3, 0.4) is 0 Å². The number of carbonyl (C=O) groups excluding carboxylic acids is 1. The van der Waals surface area contributed by atoms with Crippen molar-refractivity contribution in [3.05, 3.63) is 29.8 Å². The molecule has 1 aromatic rings. The number of carbonyl (C=O) groups is 1. The third-order valence-corrected chi connectivity index (χ3v) is 3.39. The van der Waals surface area contributed by atoms with Crippen LogP contribution >= 0.6 is 0 Å². The number of hydrogen-bond donors (Lipinski definition) is 1. The summed E-state index contributed by atoms with van der Waals surface area (Å²) in [4.78, 5) is 12.1. The predicted molar refractivity (Wildman–Crippen MR) is 64.6 cm³/mol. The van der Waals surface area contributed by atoms with Crippen LogP contribution in [0.4, 0.5) is 5.69 Å². The number of ether oxygens (including phenoxy) is 2.